The van der Waals surface area contributed by atoms with Gasteiger partial charge in [-0.25, -0.2) is 0 Å². The number of Topliss-reactive ketones (excluding diaryl/α,β-unsaturated/α-hetero) is 2. The number of carbonyl (C=O) groups excluding carboxylic acids is 4. The Bertz CT molecular complexity index is 1740. The number of guanidine groups is 1. The van der Waals surface area contributed by atoms with Gasteiger partial charge in [0.2, 0.25) is 5.91 Å². The van der Waals surface area contributed by atoms with Crippen molar-refractivity contribution in [3.05, 3.63) is 84.4 Å². The van der Waals surface area contributed by atoms with Crippen LogP contribution in [0.5, 0.6) is 11.5 Å². The number of carbonyl (C=O) groups is 4. The zero-order valence-corrected chi connectivity index (χ0v) is 34.8. The zero-order chi connectivity index (χ0) is 42.3. The van der Waals surface area contributed by atoms with Gasteiger partial charge in [0.25, 0.3) is 0 Å². The van der Waals surface area contributed by atoms with Crippen molar-refractivity contribution < 1.29 is 33.4 Å². The van der Waals surface area contributed by atoms with Crippen LogP contribution >= 0.6 is 0 Å². The third-order valence-corrected chi connectivity index (χ3v) is 9.67. The number of hydrogen-bond acceptors (Lipinski definition) is 9. The van der Waals surface area contributed by atoms with Crippen LogP contribution in [-0.2, 0) is 30.5 Å². The summed E-state index contributed by atoms with van der Waals surface area (Å²) in [5.74, 6) is -1.12. The average Bonchev–Trinajstić information content (AvgIpc) is 3.20. The number of hydrogen-bond donors (Lipinski definition) is 4. The van der Waals surface area contributed by atoms with Crippen LogP contribution in [0.25, 0.3) is 11.1 Å². The Morgan fingerprint density at radius 3 is 1.97 bits per heavy atom. The van der Waals surface area contributed by atoms with Crippen molar-refractivity contribution in [2.24, 2.45) is 45.9 Å². The van der Waals surface area contributed by atoms with E-state index in [-0.39, 0.29) is 62.5 Å². The molecule has 3 rings (SSSR count). The second kappa shape index (κ2) is 25.9. The molecule has 0 radical (unpaired) electrons. The number of rotatable bonds is 28. The summed E-state index contributed by atoms with van der Waals surface area (Å²) in [5, 5.41) is 2.94. The highest BCUT2D eigenvalue weighted by molar-refractivity contribution is 5.93. The van der Waals surface area contributed by atoms with Gasteiger partial charge in [0.15, 0.2) is 17.5 Å². The Labute approximate surface area is 344 Å². The van der Waals surface area contributed by atoms with Crippen molar-refractivity contribution in [1.82, 2.24) is 5.32 Å². The van der Waals surface area contributed by atoms with Crippen LogP contribution in [0.2, 0.25) is 0 Å². The van der Waals surface area contributed by atoms with Crippen LogP contribution < -0.4 is 32.0 Å². The van der Waals surface area contributed by atoms with E-state index in [4.69, 9.17) is 31.4 Å². The fourth-order valence-corrected chi connectivity index (χ4v) is 6.56. The number of aliphatic imine (C=N–C) groups is 1. The molecule has 0 unspecified atom stereocenters. The second-order valence-electron chi connectivity index (χ2n) is 15.6. The van der Waals surface area contributed by atoms with Crippen LogP contribution in [0, 0.1) is 23.7 Å². The standard InChI is InChI=1S/C46H65N5O7/c1-32(2)23-26-56-42-21-10-8-18-38(42)39-19-9-11-22-43(39)57-31-37(52)28-35(17-12-13-24-47)44(54)51-40(20-14-25-50-46(48)49)41(53)29-36(27-33(3)4)45(55)58-30-34-15-6-5-7-16-34/h5-11,15-16,18-19,21-22,32-33,35-36,40H,12-14,17,20,23-31,47H2,1-4H3,(H,51,54)(H4,48,49,50)/t35-,36+,40+/m0/s1. The Kier molecular flexibility index (Phi) is 21.1. The maximum absolute atomic E-state index is 14.0. The first kappa shape index (κ1) is 47.1. The quantitative estimate of drug-likeness (QED) is 0.0263. The van der Waals surface area contributed by atoms with Gasteiger partial charge in [-0.05, 0) is 74.6 Å². The van der Waals surface area contributed by atoms with Gasteiger partial charge in [0.05, 0.1) is 18.6 Å². The normalized spacial score (nSPS) is 12.7. The summed E-state index contributed by atoms with van der Waals surface area (Å²) in [7, 11) is 0. The van der Waals surface area contributed by atoms with Gasteiger partial charge in [-0.1, -0.05) is 101 Å². The van der Waals surface area contributed by atoms with Crippen molar-refractivity contribution in [1.29, 1.82) is 0 Å². The van der Waals surface area contributed by atoms with E-state index in [1.54, 1.807) is 0 Å². The molecule has 0 aliphatic carbocycles. The molecule has 0 spiro atoms. The summed E-state index contributed by atoms with van der Waals surface area (Å²) in [4.78, 5) is 58.9. The van der Waals surface area contributed by atoms with Gasteiger partial charge < -0.3 is 36.7 Å². The zero-order valence-electron chi connectivity index (χ0n) is 34.8. The molecule has 0 aliphatic rings. The average molecular weight is 800 g/mol. The molecule has 1 amide bonds. The fourth-order valence-electron chi connectivity index (χ4n) is 6.56. The summed E-state index contributed by atoms with van der Waals surface area (Å²) in [6.45, 7) is 9.35. The molecule has 0 bridgehead atoms. The molecule has 12 nitrogen and oxygen atoms in total. The summed E-state index contributed by atoms with van der Waals surface area (Å²) in [6, 6.07) is 23.6. The molecule has 0 aliphatic heterocycles. The molecule has 58 heavy (non-hydrogen) atoms. The van der Waals surface area contributed by atoms with Gasteiger partial charge in [0, 0.05) is 36.4 Å². The number of ether oxygens (including phenoxy) is 3. The predicted octanol–water partition coefficient (Wildman–Crippen LogP) is 6.77. The number of esters is 1. The third-order valence-electron chi connectivity index (χ3n) is 9.67. The number of benzene rings is 3. The molecule has 3 aromatic carbocycles. The Balaban J connectivity index is 1.75. The van der Waals surface area contributed by atoms with Crippen LogP contribution in [0.15, 0.2) is 83.9 Å². The largest absolute Gasteiger partial charge is 0.493 e. The first-order valence-corrected chi connectivity index (χ1v) is 20.6. The molecule has 12 heteroatoms. The highest BCUT2D eigenvalue weighted by atomic mass is 16.5. The number of unbranched alkanes of at least 4 members (excludes halogenated alkanes) is 1. The Morgan fingerprint density at radius 2 is 1.34 bits per heavy atom. The first-order valence-electron chi connectivity index (χ1n) is 20.6. The highest BCUT2D eigenvalue weighted by Crippen LogP contribution is 2.36. The maximum Gasteiger partial charge on any atom is 0.309 e. The smallest absolute Gasteiger partial charge is 0.309 e. The molecule has 3 atom stereocenters. The van der Waals surface area contributed by atoms with E-state index < -0.39 is 29.8 Å². The van der Waals surface area contributed by atoms with Crippen LogP contribution in [-0.4, -0.2) is 61.7 Å². The van der Waals surface area contributed by atoms with Gasteiger partial charge in [-0.15, -0.1) is 0 Å². The molecule has 0 heterocycles. The lowest BCUT2D eigenvalue weighted by molar-refractivity contribution is -0.152. The molecule has 3 aromatic rings. The Morgan fingerprint density at radius 1 is 0.707 bits per heavy atom. The molecule has 7 N–H and O–H groups in total. The van der Waals surface area contributed by atoms with Crippen LogP contribution in [0.1, 0.15) is 91.0 Å². The van der Waals surface area contributed by atoms with E-state index in [1.807, 2.05) is 92.7 Å². The summed E-state index contributed by atoms with van der Waals surface area (Å²) in [6.07, 6.45) is 3.46. The first-order chi connectivity index (χ1) is 27.9. The van der Waals surface area contributed by atoms with Crippen molar-refractivity contribution in [2.45, 2.75) is 98.1 Å². The minimum absolute atomic E-state index is 0.0763. The van der Waals surface area contributed by atoms with Gasteiger partial charge in [-0.3, -0.25) is 24.2 Å². The number of amides is 1. The van der Waals surface area contributed by atoms with E-state index in [0.717, 1.165) is 28.9 Å². The number of nitrogens with one attached hydrogen (secondary N) is 1. The summed E-state index contributed by atoms with van der Waals surface area (Å²) >= 11 is 0. The number of ketones is 2. The minimum atomic E-state index is -0.934. The number of para-hydroxylation sites is 2. The molecule has 0 saturated carbocycles. The Hall–Kier alpha value is -5.23. The van der Waals surface area contributed by atoms with Crippen molar-refractivity contribution >= 4 is 29.4 Å². The highest BCUT2D eigenvalue weighted by Gasteiger charge is 2.31. The molecular formula is C46H65N5O7. The molecule has 0 fully saturated rings. The maximum atomic E-state index is 14.0. The monoisotopic (exact) mass is 799 g/mol. The minimum Gasteiger partial charge on any atom is -0.493 e. The van der Waals surface area contributed by atoms with Gasteiger partial charge >= 0.3 is 5.97 Å². The SMILES string of the molecule is CC(C)CCOc1ccccc1-c1ccccc1OCC(=O)C[C@H](CCCCN)C(=O)N[C@H](CCCN=C(N)N)C(=O)C[C@@H](CC(C)C)C(=O)OCc1ccccc1. The van der Waals surface area contributed by atoms with Crippen molar-refractivity contribution in [3.8, 4) is 22.6 Å². The summed E-state index contributed by atoms with van der Waals surface area (Å²) in [5.41, 5.74) is 19.3. The summed E-state index contributed by atoms with van der Waals surface area (Å²) < 4.78 is 17.9. The molecule has 316 valence electrons. The molecular weight excluding hydrogens is 735 g/mol. The van der Waals surface area contributed by atoms with Crippen LogP contribution in [0.4, 0.5) is 0 Å². The predicted molar refractivity (Wildman–Crippen MR) is 229 cm³/mol. The van der Waals surface area contributed by atoms with Gasteiger partial charge in [-0.2, -0.15) is 0 Å². The topological polar surface area (TPSA) is 198 Å². The van der Waals surface area contributed by atoms with E-state index in [2.05, 4.69) is 24.2 Å². The van der Waals surface area contributed by atoms with Crippen molar-refractivity contribution in [3.63, 3.8) is 0 Å². The second-order valence-corrected chi connectivity index (χ2v) is 15.6. The van der Waals surface area contributed by atoms with E-state index in [9.17, 15) is 19.2 Å². The molecule has 0 saturated heterocycles. The van der Waals surface area contributed by atoms with Crippen molar-refractivity contribution in [2.75, 3.05) is 26.3 Å². The van der Waals surface area contributed by atoms with Crippen LogP contribution in [0.3, 0.4) is 0 Å². The third kappa shape index (κ3) is 17.5. The van der Waals surface area contributed by atoms with Gasteiger partial charge in [0.1, 0.15) is 24.7 Å². The lowest BCUT2D eigenvalue weighted by Gasteiger charge is -2.24. The fraction of sp³-hybridized carbons (Fsp3) is 0.500. The van der Waals surface area contributed by atoms with E-state index in [0.29, 0.717) is 56.9 Å². The molecule has 0 aromatic heterocycles. The van der Waals surface area contributed by atoms with E-state index in [1.165, 1.54) is 0 Å². The number of nitrogens with two attached hydrogens (primary N) is 3. The number of nitrogens with zero attached hydrogens (tertiary/aromatic N) is 1. The van der Waals surface area contributed by atoms with E-state index >= 15 is 0 Å². The lowest BCUT2D eigenvalue weighted by Crippen LogP contribution is -2.45. The lowest BCUT2D eigenvalue weighted by atomic mass is 9.89.